The van der Waals surface area contributed by atoms with Crippen LogP contribution >= 0.6 is 11.6 Å². The Morgan fingerprint density at radius 1 is 0.971 bits per heavy atom. The maximum atomic E-state index is 10.9. The average molecular weight is 472 g/mol. The normalized spacial score (nSPS) is 13.8. The fraction of sp³-hybridized carbons (Fsp3) is 0.107. The molecule has 1 aromatic heterocycles. The first kappa shape index (κ1) is 21.9. The number of rotatable bonds is 5. The van der Waals surface area contributed by atoms with Gasteiger partial charge in [-0.15, -0.1) is 0 Å². The minimum atomic E-state index is -0.982. The summed E-state index contributed by atoms with van der Waals surface area (Å²) < 4.78 is 11.5. The van der Waals surface area contributed by atoms with Gasteiger partial charge in [0.1, 0.15) is 13.2 Å². The number of hydrogen-bond acceptors (Lipinski definition) is 3. The molecule has 5 nitrogen and oxygen atoms in total. The lowest BCUT2D eigenvalue weighted by atomic mass is 9.92. The summed E-state index contributed by atoms with van der Waals surface area (Å²) in [7, 11) is 0. The Bertz CT molecular complexity index is 1450. The number of aliphatic carboxylic acids is 1. The lowest BCUT2D eigenvalue weighted by Gasteiger charge is -2.20. The van der Waals surface area contributed by atoms with E-state index in [1.165, 1.54) is 0 Å². The van der Waals surface area contributed by atoms with Crippen molar-refractivity contribution in [2.24, 2.45) is 0 Å². The minimum Gasteiger partial charge on any atom is -0.486 e. The first-order valence-corrected chi connectivity index (χ1v) is 11.3. The van der Waals surface area contributed by atoms with Crippen molar-refractivity contribution < 1.29 is 19.4 Å². The van der Waals surface area contributed by atoms with E-state index in [1.54, 1.807) is 6.08 Å². The van der Waals surface area contributed by atoms with Crippen molar-refractivity contribution >= 4 is 45.7 Å². The molecule has 1 aliphatic rings. The third-order valence-corrected chi connectivity index (χ3v) is 6.25. The summed E-state index contributed by atoms with van der Waals surface area (Å²) in [6, 6.07) is 21.6. The molecule has 0 saturated heterocycles. The zero-order chi connectivity index (χ0) is 23.7. The zero-order valence-electron chi connectivity index (χ0n) is 18.5. The highest BCUT2D eigenvalue weighted by atomic mass is 35.5. The van der Waals surface area contributed by atoms with Gasteiger partial charge in [0, 0.05) is 22.6 Å². The Morgan fingerprint density at radius 3 is 2.41 bits per heavy atom. The quantitative estimate of drug-likeness (QED) is 0.252. The highest BCUT2D eigenvalue weighted by Gasteiger charge is 2.20. The number of allylic oxidation sites excluding steroid dienone is 1. The molecule has 0 amide bonds. The van der Waals surface area contributed by atoms with Crippen LogP contribution in [0.3, 0.4) is 0 Å². The molecule has 2 heterocycles. The van der Waals surface area contributed by atoms with Crippen molar-refractivity contribution in [2.75, 3.05) is 13.2 Å². The van der Waals surface area contributed by atoms with E-state index in [2.05, 4.69) is 11.9 Å². The molecule has 0 aliphatic carbocycles. The molecule has 0 fully saturated rings. The van der Waals surface area contributed by atoms with Gasteiger partial charge in [0.25, 0.3) is 0 Å². The number of nitrogens with one attached hydrogen (secondary N) is 1. The van der Waals surface area contributed by atoms with Gasteiger partial charge < -0.3 is 19.6 Å². The second-order valence-electron chi connectivity index (χ2n) is 8.01. The number of ether oxygens (including phenoxy) is 2. The van der Waals surface area contributed by atoms with Crippen LogP contribution in [0.1, 0.15) is 29.3 Å². The van der Waals surface area contributed by atoms with Crippen LogP contribution in [0.2, 0.25) is 5.02 Å². The summed E-state index contributed by atoms with van der Waals surface area (Å²) in [4.78, 5) is 14.4. The molecule has 6 heteroatoms. The summed E-state index contributed by atoms with van der Waals surface area (Å²) in [5.74, 6) is 0.478. The smallest absolute Gasteiger partial charge is 0.328 e. The molecule has 1 aliphatic heterocycles. The lowest BCUT2D eigenvalue weighted by Crippen LogP contribution is -2.15. The predicted octanol–water partition coefficient (Wildman–Crippen LogP) is 6.67. The number of aromatic amines is 1. The molecule has 5 rings (SSSR count). The predicted molar refractivity (Wildman–Crippen MR) is 135 cm³/mol. The largest absolute Gasteiger partial charge is 0.486 e. The maximum absolute atomic E-state index is 10.9. The number of carbonyl (C=O) groups is 1. The third kappa shape index (κ3) is 4.18. The highest BCUT2D eigenvalue weighted by Crippen LogP contribution is 2.41. The van der Waals surface area contributed by atoms with E-state index in [9.17, 15) is 4.79 Å². The topological polar surface area (TPSA) is 71.5 Å². The monoisotopic (exact) mass is 471 g/mol. The second kappa shape index (κ2) is 9.12. The van der Waals surface area contributed by atoms with E-state index in [0.29, 0.717) is 18.2 Å². The molecule has 3 aromatic carbocycles. The van der Waals surface area contributed by atoms with E-state index in [0.717, 1.165) is 62.0 Å². The van der Waals surface area contributed by atoms with Crippen LogP contribution in [-0.4, -0.2) is 29.3 Å². The SMILES string of the molecule is C/C(=C(/c1ccc(/C=C/C(=O)O)cc1)c1[nH]c2ccccc2c1Cl)c1ccc2c(c1)OCCO2. The zero-order valence-corrected chi connectivity index (χ0v) is 19.2. The lowest BCUT2D eigenvalue weighted by molar-refractivity contribution is -0.131. The molecule has 0 atom stereocenters. The van der Waals surface area contributed by atoms with Gasteiger partial charge >= 0.3 is 5.97 Å². The van der Waals surface area contributed by atoms with Crippen molar-refractivity contribution in [1.82, 2.24) is 4.98 Å². The summed E-state index contributed by atoms with van der Waals surface area (Å²) in [5.41, 5.74) is 6.48. The summed E-state index contributed by atoms with van der Waals surface area (Å²) in [6.07, 6.45) is 2.69. The molecule has 2 N–H and O–H groups in total. The Morgan fingerprint density at radius 2 is 1.68 bits per heavy atom. The van der Waals surface area contributed by atoms with Gasteiger partial charge in [-0.1, -0.05) is 60.1 Å². The molecule has 0 unspecified atom stereocenters. The second-order valence-corrected chi connectivity index (χ2v) is 8.39. The van der Waals surface area contributed by atoms with Gasteiger partial charge in [0.2, 0.25) is 0 Å². The van der Waals surface area contributed by atoms with Crippen molar-refractivity contribution in [1.29, 1.82) is 0 Å². The molecule has 0 saturated carbocycles. The number of carboxylic acids is 1. The van der Waals surface area contributed by atoms with Crippen molar-refractivity contribution in [3.8, 4) is 11.5 Å². The van der Waals surface area contributed by atoms with Crippen LogP contribution in [0, 0.1) is 0 Å². The number of hydrogen-bond donors (Lipinski definition) is 2. The van der Waals surface area contributed by atoms with Gasteiger partial charge in [-0.05, 0) is 53.5 Å². The summed E-state index contributed by atoms with van der Waals surface area (Å²) in [6.45, 7) is 3.12. The van der Waals surface area contributed by atoms with Gasteiger partial charge in [0.05, 0.1) is 10.7 Å². The van der Waals surface area contributed by atoms with Crippen LogP contribution in [0.4, 0.5) is 0 Å². The molecule has 0 bridgehead atoms. The van der Waals surface area contributed by atoms with Crippen LogP contribution < -0.4 is 9.47 Å². The van der Waals surface area contributed by atoms with Crippen molar-refractivity contribution in [3.05, 3.63) is 100 Å². The van der Waals surface area contributed by atoms with E-state index in [-0.39, 0.29) is 0 Å². The van der Waals surface area contributed by atoms with Crippen molar-refractivity contribution in [2.45, 2.75) is 6.92 Å². The van der Waals surface area contributed by atoms with E-state index < -0.39 is 5.97 Å². The molecule has 34 heavy (non-hydrogen) atoms. The van der Waals surface area contributed by atoms with Crippen LogP contribution in [-0.2, 0) is 4.79 Å². The van der Waals surface area contributed by atoms with Crippen LogP contribution in [0.5, 0.6) is 11.5 Å². The van der Waals surface area contributed by atoms with Gasteiger partial charge in [-0.2, -0.15) is 0 Å². The molecule has 0 spiro atoms. The molecular formula is C28H22ClNO4. The third-order valence-electron chi connectivity index (χ3n) is 5.86. The maximum Gasteiger partial charge on any atom is 0.328 e. The first-order valence-electron chi connectivity index (χ1n) is 10.9. The average Bonchev–Trinajstić information content (AvgIpc) is 3.19. The first-order chi connectivity index (χ1) is 16.5. The number of H-pyrrole nitrogens is 1. The molecular weight excluding hydrogens is 450 g/mol. The van der Waals surface area contributed by atoms with E-state index >= 15 is 0 Å². The Balaban J connectivity index is 1.68. The number of fused-ring (bicyclic) bond motifs is 2. The Hall–Kier alpha value is -3.96. The summed E-state index contributed by atoms with van der Waals surface area (Å²) in [5, 5.41) is 10.5. The number of para-hydroxylation sites is 1. The molecule has 4 aromatic rings. The number of carboxylic acid groups (broad SMARTS) is 1. The molecule has 170 valence electrons. The fourth-order valence-electron chi connectivity index (χ4n) is 4.18. The standard InChI is InChI=1S/C28H22ClNO4/c1-17(20-11-12-23-24(16-20)34-15-14-33-23)26(19-9-6-18(7-10-19)8-13-25(31)32)28-27(29)21-4-2-3-5-22(21)30-28/h2-13,16,30H,14-15H2,1H3,(H,31,32)/b13-8+,26-17+. The van der Waals surface area contributed by atoms with E-state index in [4.69, 9.17) is 26.2 Å². The van der Waals surface area contributed by atoms with Gasteiger partial charge in [-0.25, -0.2) is 4.79 Å². The van der Waals surface area contributed by atoms with Gasteiger partial charge in [-0.3, -0.25) is 0 Å². The van der Waals surface area contributed by atoms with Crippen LogP contribution in [0.15, 0.2) is 72.8 Å². The van der Waals surface area contributed by atoms with E-state index in [1.807, 2.05) is 66.7 Å². The highest BCUT2D eigenvalue weighted by molar-refractivity contribution is 6.38. The number of benzene rings is 3. The number of halogens is 1. The van der Waals surface area contributed by atoms with Crippen molar-refractivity contribution in [3.63, 3.8) is 0 Å². The molecule has 0 radical (unpaired) electrons. The Labute approximate surface area is 201 Å². The minimum absolute atomic E-state index is 0.519. The van der Waals surface area contributed by atoms with Crippen LogP contribution in [0.25, 0.3) is 28.1 Å². The fourth-order valence-corrected chi connectivity index (χ4v) is 4.48. The van der Waals surface area contributed by atoms with Gasteiger partial charge in [0.15, 0.2) is 11.5 Å². The Kier molecular flexibility index (Phi) is 5.86. The number of aromatic nitrogens is 1. The summed E-state index contributed by atoms with van der Waals surface area (Å²) >= 11 is 6.88.